The van der Waals surface area contributed by atoms with E-state index in [2.05, 4.69) is 130 Å². The van der Waals surface area contributed by atoms with Crippen molar-refractivity contribution in [3.8, 4) is 11.4 Å². The van der Waals surface area contributed by atoms with Crippen LogP contribution in [-0.2, 0) is 0 Å². The maximum atomic E-state index is 6.36. The molecule has 0 N–H and O–H groups in total. The second kappa shape index (κ2) is 7.62. The van der Waals surface area contributed by atoms with E-state index >= 15 is 0 Å². The van der Waals surface area contributed by atoms with Crippen molar-refractivity contribution < 1.29 is 4.42 Å². The fraction of sp³-hybridized carbons (Fsp3) is 0. The van der Waals surface area contributed by atoms with Gasteiger partial charge in [-0.3, -0.25) is 0 Å². The number of hydrogen-bond donors (Lipinski definition) is 0. The van der Waals surface area contributed by atoms with Gasteiger partial charge >= 0.3 is 0 Å². The summed E-state index contributed by atoms with van der Waals surface area (Å²) in [6.07, 6.45) is 0. The molecule has 0 aliphatic heterocycles. The van der Waals surface area contributed by atoms with Crippen LogP contribution in [0.15, 0.2) is 138 Å². The molecule has 9 aromatic rings. The van der Waals surface area contributed by atoms with Crippen molar-refractivity contribution in [3.05, 3.63) is 133 Å². The number of hydrogen-bond acceptors (Lipinski definition) is 1. The molecule has 3 heteroatoms. The number of furan rings is 1. The predicted octanol–water partition coefficient (Wildman–Crippen LogP) is 9.78. The van der Waals surface area contributed by atoms with Gasteiger partial charge in [0, 0.05) is 49.8 Å². The third kappa shape index (κ3) is 2.76. The third-order valence-electron chi connectivity index (χ3n) is 8.09. The van der Waals surface area contributed by atoms with Crippen LogP contribution in [0.1, 0.15) is 0 Å². The Labute approximate surface area is 223 Å². The van der Waals surface area contributed by atoms with E-state index < -0.39 is 0 Å². The summed E-state index contributed by atoms with van der Waals surface area (Å²) in [5, 5.41) is 7.25. The molecule has 0 saturated heterocycles. The SMILES string of the molecule is c1ccc(-n2c3ccccc3c3ccc4c5cc6c(cc5n(-c5ccccc5)c4c32)oc2ccccc26)cc1. The van der Waals surface area contributed by atoms with Gasteiger partial charge in [-0.05, 0) is 42.5 Å². The summed E-state index contributed by atoms with van der Waals surface area (Å²) in [6, 6.07) is 47.5. The van der Waals surface area contributed by atoms with Gasteiger partial charge < -0.3 is 13.6 Å². The summed E-state index contributed by atoms with van der Waals surface area (Å²) in [5.74, 6) is 0. The van der Waals surface area contributed by atoms with Crippen molar-refractivity contribution in [3.63, 3.8) is 0 Å². The Bertz CT molecular complexity index is 2370. The number of nitrogens with zero attached hydrogens (tertiary/aromatic N) is 2. The Hall–Kier alpha value is -5.28. The standard InChI is InChI=1S/C36H22N2O/c1-3-11-23(12-4-1)37-31-17-9-7-15-25(31)27-19-20-28-29-21-30-26-16-8-10-18-33(26)39-34(30)22-32(29)38(36(28)35(27)37)24-13-5-2-6-14-24/h1-22H. The predicted molar refractivity (Wildman–Crippen MR) is 162 cm³/mol. The molecule has 0 saturated carbocycles. The van der Waals surface area contributed by atoms with Crippen LogP contribution < -0.4 is 0 Å². The summed E-state index contributed by atoms with van der Waals surface area (Å²) in [6.45, 7) is 0. The quantitative estimate of drug-likeness (QED) is 0.233. The van der Waals surface area contributed by atoms with Crippen LogP contribution in [-0.4, -0.2) is 9.13 Å². The van der Waals surface area contributed by atoms with E-state index in [1.165, 1.54) is 38.1 Å². The van der Waals surface area contributed by atoms with E-state index in [1.807, 2.05) is 12.1 Å². The second-order valence-electron chi connectivity index (χ2n) is 10.2. The van der Waals surface area contributed by atoms with Crippen LogP contribution in [0.2, 0.25) is 0 Å². The zero-order valence-electron chi connectivity index (χ0n) is 21.0. The molecule has 3 heterocycles. The van der Waals surface area contributed by atoms with Gasteiger partial charge in [-0.15, -0.1) is 0 Å². The van der Waals surface area contributed by atoms with Crippen LogP contribution in [0, 0.1) is 0 Å². The van der Waals surface area contributed by atoms with E-state index in [4.69, 9.17) is 4.42 Å². The fourth-order valence-corrected chi connectivity index (χ4v) is 6.46. The number of rotatable bonds is 2. The molecule has 0 unspecified atom stereocenters. The summed E-state index contributed by atoms with van der Waals surface area (Å²) in [7, 11) is 0. The molecule has 0 atom stereocenters. The summed E-state index contributed by atoms with van der Waals surface area (Å²) in [4.78, 5) is 0. The third-order valence-corrected chi connectivity index (χ3v) is 8.09. The minimum Gasteiger partial charge on any atom is -0.456 e. The normalized spacial score (nSPS) is 12.1. The lowest BCUT2D eigenvalue weighted by atomic mass is 10.1. The zero-order valence-corrected chi connectivity index (χ0v) is 21.0. The first-order valence-corrected chi connectivity index (χ1v) is 13.3. The molecule has 3 nitrogen and oxygen atoms in total. The van der Waals surface area contributed by atoms with Gasteiger partial charge in [0.1, 0.15) is 11.2 Å². The number of aromatic nitrogens is 2. The van der Waals surface area contributed by atoms with Crippen molar-refractivity contribution >= 4 is 65.6 Å². The lowest BCUT2D eigenvalue weighted by Gasteiger charge is -2.12. The largest absolute Gasteiger partial charge is 0.456 e. The molecular formula is C36H22N2O. The molecule has 0 spiro atoms. The molecule has 9 rings (SSSR count). The van der Waals surface area contributed by atoms with Gasteiger partial charge in [0.15, 0.2) is 0 Å². The monoisotopic (exact) mass is 498 g/mol. The lowest BCUT2D eigenvalue weighted by molar-refractivity contribution is 0.669. The summed E-state index contributed by atoms with van der Waals surface area (Å²) < 4.78 is 11.2. The minimum absolute atomic E-state index is 0.906. The molecule has 182 valence electrons. The highest BCUT2D eigenvalue weighted by Crippen LogP contribution is 2.43. The number of fused-ring (bicyclic) bond motifs is 10. The average Bonchev–Trinajstić information content (AvgIpc) is 3.64. The highest BCUT2D eigenvalue weighted by molar-refractivity contribution is 6.25. The molecule has 0 radical (unpaired) electrons. The molecule has 0 fully saturated rings. The molecule has 3 aromatic heterocycles. The van der Waals surface area contributed by atoms with Crippen molar-refractivity contribution in [1.29, 1.82) is 0 Å². The van der Waals surface area contributed by atoms with Gasteiger partial charge in [-0.1, -0.05) is 84.9 Å². The second-order valence-corrected chi connectivity index (χ2v) is 10.2. The Morgan fingerprint density at radius 3 is 1.64 bits per heavy atom. The zero-order chi connectivity index (χ0) is 25.5. The summed E-state index contributed by atoms with van der Waals surface area (Å²) in [5.41, 5.74) is 8.86. The van der Waals surface area contributed by atoms with E-state index in [9.17, 15) is 0 Å². The topological polar surface area (TPSA) is 23.0 Å². The highest BCUT2D eigenvalue weighted by atomic mass is 16.3. The van der Waals surface area contributed by atoms with Crippen molar-refractivity contribution in [1.82, 2.24) is 9.13 Å². The first kappa shape index (κ1) is 20.7. The molecule has 39 heavy (non-hydrogen) atoms. The van der Waals surface area contributed by atoms with Gasteiger partial charge in [-0.25, -0.2) is 0 Å². The van der Waals surface area contributed by atoms with Crippen molar-refractivity contribution in [2.75, 3.05) is 0 Å². The molecule has 0 bridgehead atoms. The number of para-hydroxylation sites is 4. The Kier molecular flexibility index (Phi) is 4.05. The Morgan fingerprint density at radius 2 is 0.923 bits per heavy atom. The van der Waals surface area contributed by atoms with Crippen LogP contribution >= 0.6 is 0 Å². The maximum absolute atomic E-state index is 6.36. The first-order valence-electron chi connectivity index (χ1n) is 13.3. The summed E-state index contributed by atoms with van der Waals surface area (Å²) >= 11 is 0. The van der Waals surface area contributed by atoms with Crippen LogP contribution in [0.5, 0.6) is 0 Å². The smallest absolute Gasteiger partial charge is 0.137 e. The molecule has 6 aromatic carbocycles. The Morgan fingerprint density at radius 1 is 0.359 bits per heavy atom. The van der Waals surface area contributed by atoms with Crippen LogP contribution in [0.4, 0.5) is 0 Å². The van der Waals surface area contributed by atoms with E-state index in [0.29, 0.717) is 0 Å². The van der Waals surface area contributed by atoms with Crippen LogP contribution in [0.3, 0.4) is 0 Å². The van der Waals surface area contributed by atoms with Gasteiger partial charge in [0.05, 0.1) is 22.1 Å². The molecule has 0 aliphatic rings. The fourth-order valence-electron chi connectivity index (χ4n) is 6.46. The molecule has 0 amide bonds. The van der Waals surface area contributed by atoms with Gasteiger partial charge in [0.2, 0.25) is 0 Å². The lowest BCUT2D eigenvalue weighted by Crippen LogP contribution is -1.98. The van der Waals surface area contributed by atoms with E-state index in [0.717, 1.165) is 38.8 Å². The van der Waals surface area contributed by atoms with E-state index in [-0.39, 0.29) is 0 Å². The van der Waals surface area contributed by atoms with Gasteiger partial charge in [-0.2, -0.15) is 0 Å². The van der Waals surface area contributed by atoms with Crippen molar-refractivity contribution in [2.24, 2.45) is 0 Å². The number of benzene rings is 6. The molecule has 0 aliphatic carbocycles. The minimum atomic E-state index is 0.906. The average molecular weight is 499 g/mol. The highest BCUT2D eigenvalue weighted by Gasteiger charge is 2.22. The first-order chi connectivity index (χ1) is 19.4. The van der Waals surface area contributed by atoms with Crippen LogP contribution in [0.25, 0.3) is 76.9 Å². The van der Waals surface area contributed by atoms with Gasteiger partial charge in [0.25, 0.3) is 0 Å². The Balaban J connectivity index is 1.56. The van der Waals surface area contributed by atoms with Crippen molar-refractivity contribution in [2.45, 2.75) is 0 Å². The molecular weight excluding hydrogens is 476 g/mol. The maximum Gasteiger partial charge on any atom is 0.137 e. The van der Waals surface area contributed by atoms with E-state index in [1.54, 1.807) is 0 Å².